The van der Waals surface area contributed by atoms with E-state index in [1.807, 2.05) is 37.4 Å². The Bertz CT molecular complexity index is 643. The molecule has 0 radical (unpaired) electrons. The molecule has 3 rings (SSSR count). The molecule has 1 fully saturated rings. The first-order valence-electron chi connectivity index (χ1n) is 7.38. The predicted molar refractivity (Wildman–Crippen MR) is 89.8 cm³/mol. The van der Waals surface area contributed by atoms with Crippen LogP contribution in [0.1, 0.15) is 23.7 Å². The number of halogens is 2. The average Bonchev–Trinajstić information content (AvgIpc) is 3.06. The molecule has 0 saturated carbocycles. The topological polar surface area (TPSA) is 34.1 Å². The highest BCUT2D eigenvalue weighted by Crippen LogP contribution is 2.40. The van der Waals surface area contributed by atoms with Gasteiger partial charge in [-0.05, 0) is 37.6 Å². The highest BCUT2D eigenvalue weighted by atomic mass is 35.5. The van der Waals surface area contributed by atoms with Gasteiger partial charge in [-0.15, -0.1) is 0 Å². The van der Waals surface area contributed by atoms with Crippen LogP contribution in [0.25, 0.3) is 0 Å². The minimum atomic E-state index is -0.111. The van der Waals surface area contributed by atoms with E-state index in [-0.39, 0.29) is 6.10 Å². The van der Waals surface area contributed by atoms with Crippen LogP contribution in [0.3, 0.4) is 0 Å². The number of aromatic nitrogens is 1. The van der Waals surface area contributed by atoms with Gasteiger partial charge in [-0.1, -0.05) is 35.3 Å². The van der Waals surface area contributed by atoms with Crippen molar-refractivity contribution < 1.29 is 4.74 Å². The molecular formula is C17H18Cl2N2O. The summed E-state index contributed by atoms with van der Waals surface area (Å²) >= 11 is 12.7. The summed E-state index contributed by atoms with van der Waals surface area (Å²) in [5.74, 6) is 0.931. The molecule has 1 aromatic carbocycles. The van der Waals surface area contributed by atoms with E-state index in [2.05, 4.69) is 10.3 Å². The molecule has 116 valence electrons. The second-order valence-electron chi connectivity index (χ2n) is 5.59. The summed E-state index contributed by atoms with van der Waals surface area (Å²) in [4.78, 5) is 4.21. The fourth-order valence-corrected chi connectivity index (χ4v) is 3.24. The molecule has 1 N–H and O–H groups in total. The van der Waals surface area contributed by atoms with Crippen LogP contribution in [0.5, 0.6) is 5.75 Å². The van der Waals surface area contributed by atoms with Crippen molar-refractivity contribution in [1.29, 1.82) is 0 Å². The molecule has 22 heavy (non-hydrogen) atoms. The SMILES string of the molecule is Cc1ccc(Cl)c(O[C@H](c2cccnc2)C2CCNC2)c1Cl. The molecule has 2 aromatic rings. The van der Waals surface area contributed by atoms with Gasteiger partial charge in [0.15, 0.2) is 5.75 Å². The number of hydrogen-bond donors (Lipinski definition) is 1. The van der Waals surface area contributed by atoms with Gasteiger partial charge < -0.3 is 10.1 Å². The average molecular weight is 337 g/mol. The molecule has 0 aliphatic carbocycles. The number of aryl methyl sites for hydroxylation is 1. The van der Waals surface area contributed by atoms with Crippen molar-refractivity contribution >= 4 is 23.2 Å². The second-order valence-corrected chi connectivity index (χ2v) is 6.37. The number of nitrogens with zero attached hydrogens (tertiary/aromatic N) is 1. The highest BCUT2D eigenvalue weighted by molar-refractivity contribution is 6.37. The van der Waals surface area contributed by atoms with Gasteiger partial charge in [-0.3, -0.25) is 4.98 Å². The molecule has 0 amide bonds. The molecule has 0 spiro atoms. The van der Waals surface area contributed by atoms with Crippen molar-refractivity contribution in [3.8, 4) is 5.75 Å². The van der Waals surface area contributed by atoms with E-state index in [9.17, 15) is 0 Å². The van der Waals surface area contributed by atoms with Crippen LogP contribution >= 0.6 is 23.2 Å². The first-order chi connectivity index (χ1) is 10.7. The summed E-state index contributed by atoms with van der Waals surface area (Å²) in [5.41, 5.74) is 2.00. The maximum atomic E-state index is 6.40. The van der Waals surface area contributed by atoms with Crippen molar-refractivity contribution in [3.05, 3.63) is 57.8 Å². The monoisotopic (exact) mass is 336 g/mol. The zero-order valence-electron chi connectivity index (χ0n) is 12.4. The third-order valence-electron chi connectivity index (χ3n) is 4.03. The fourth-order valence-electron chi connectivity index (χ4n) is 2.78. The largest absolute Gasteiger partial charge is 0.482 e. The maximum Gasteiger partial charge on any atom is 0.157 e. The van der Waals surface area contributed by atoms with Gasteiger partial charge in [0.25, 0.3) is 0 Å². The Morgan fingerprint density at radius 3 is 2.86 bits per heavy atom. The maximum absolute atomic E-state index is 6.40. The van der Waals surface area contributed by atoms with E-state index in [1.54, 1.807) is 6.20 Å². The van der Waals surface area contributed by atoms with Gasteiger partial charge in [0.1, 0.15) is 6.10 Å². The van der Waals surface area contributed by atoms with Crippen molar-refractivity contribution in [2.24, 2.45) is 5.92 Å². The molecule has 3 nitrogen and oxygen atoms in total. The first kappa shape index (κ1) is 15.6. The molecule has 2 atom stereocenters. The van der Waals surface area contributed by atoms with Gasteiger partial charge in [-0.2, -0.15) is 0 Å². The Balaban J connectivity index is 1.95. The van der Waals surface area contributed by atoms with Crippen molar-refractivity contribution in [3.63, 3.8) is 0 Å². The Labute approximate surface area is 140 Å². The van der Waals surface area contributed by atoms with E-state index in [1.165, 1.54) is 0 Å². The summed E-state index contributed by atoms with van der Waals surface area (Å²) in [6.45, 7) is 3.86. The van der Waals surface area contributed by atoms with Crippen molar-refractivity contribution in [1.82, 2.24) is 10.3 Å². The number of rotatable bonds is 4. The van der Waals surface area contributed by atoms with Gasteiger partial charge in [0.2, 0.25) is 0 Å². The van der Waals surface area contributed by atoms with E-state index in [0.29, 0.717) is 21.7 Å². The molecule has 1 aromatic heterocycles. The predicted octanol–water partition coefficient (Wildman–Crippen LogP) is 4.43. The van der Waals surface area contributed by atoms with Crippen molar-refractivity contribution in [2.45, 2.75) is 19.4 Å². The Morgan fingerprint density at radius 2 is 2.18 bits per heavy atom. The van der Waals surface area contributed by atoms with Crippen LogP contribution in [0.15, 0.2) is 36.7 Å². The lowest BCUT2D eigenvalue weighted by molar-refractivity contribution is 0.144. The van der Waals surface area contributed by atoms with Crippen LogP contribution in [0.2, 0.25) is 10.0 Å². The minimum absolute atomic E-state index is 0.111. The number of pyridine rings is 1. The lowest BCUT2D eigenvalue weighted by atomic mass is 9.96. The van der Waals surface area contributed by atoms with E-state index in [0.717, 1.165) is 30.6 Å². The molecule has 0 bridgehead atoms. The van der Waals surface area contributed by atoms with Gasteiger partial charge in [-0.25, -0.2) is 0 Å². The van der Waals surface area contributed by atoms with Crippen molar-refractivity contribution in [2.75, 3.05) is 13.1 Å². The zero-order chi connectivity index (χ0) is 15.5. The van der Waals surface area contributed by atoms with Gasteiger partial charge >= 0.3 is 0 Å². The first-order valence-corrected chi connectivity index (χ1v) is 8.14. The Kier molecular flexibility index (Phi) is 4.87. The number of ether oxygens (including phenoxy) is 1. The lowest BCUT2D eigenvalue weighted by Crippen LogP contribution is -2.21. The molecule has 5 heteroatoms. The summed E-state index contributed by atoms with van der Waals surface area (Å²) in [6, 6.07) is 7.68. The van der Waals surface area contributed by atoms with Crippen LogP contribution in [0, 0.1) is 12.8 Å². The van der Waals surface area contributed by atoms with E-state index in [4.69, 9.17) is 27.9 Å². The van der Waals surface area contributed by atoms with Gasteiger partial charge in [0, 0.05) is 30.4 Å². The molecule has 1 unspecified atom stereocenters. The molecule has 2 heterocycles. The number of hydrogen-bond acceptors (Lipinski definition) is 3. The molecule has 1 aliphatic heterocycles. The van der Waals surface area contributed by atoms with Crippen LogP contribution in [0.4, 0.5) is 0 Å². The van der Waals surface area contributed by atoms with Crippen LogP contribution < -0.4 is 10.1 Å². The van der Waals surface area contributed by atoms with Crippen LogP contribution in [-0.4, -0.2) is 18.1 Å². The third kappa shape index (κ3) is 3.22. The van der Waals surface area contributed by atoms with Gasteiger partial charge in [0.05, 0.1) is 10.0 Å². The van der Waals surface area contributed by atoms with E-state index >= 15 is 0 Å². The summed E-state index contributed by atoms with van der Waals surface area (Å²) < 4.78 is 6.28. The standard InChI is InChI=1S/C17H18Cl2N2O/c1-11-4-5-14(18)17(15(11)19)22-16(13-6-8-21-10-13)12-3-2-7-20-9-12/h2-5,7,9,13,16,21H,6,8,10H2,1H3/t13?,16-/m1/s1. The van der Waals surface area contributed by atoms with E-state index < -0.39 is 0 Å². The second kappa shape index (κ2) is 6.86. The highest BCUT2D eigenvalue weighted by Gasteiger charge is 2.29. The fraction of sp³-hybridized carbons (Fsp3) is 0.353. The van der Waals surface area contributed by atoms with Crippen LogP contribution in [-0.2, 0) is 0 Å². The molecular weight excluding hydrogens is 319 g/mol. The zero-order valence-corrected chi connectivity index (χ0v) is 13.9. The summed E-state index contributed by atoms with van der Waals surface area (Å²) in [7, 11) is 0. The summed E-state index contributed by atoms with van der Waals surface area (Å²) in [5, 5.41) is 4.50. The smallest absolute Gasteiger partial charge is 0.157 e. The third-order valence-corrected chi connectivity index (χ3v) is 4.79. The summed E-state index contributed by atoms with van der Waals surface area (Å²) in [6.07, 6.45) is 4.56. The normalized spacial score (nSPS) is 19.1. The minimum Gasteiger partial charge on any atom is -0.482 e. The lowest BCUT2D eigenvalue weighted by Gasteiger charge is -2.26. The quantitative estimate of drug-likeness (QED) is 0.896. The Hall–Kier alpha value is -1.29. The molecule has 1 aliphatic rings. The number of nitrogens with one attached hydrogen (secondary N) is 1. The number of benzene rings is 1. The Morgan fingerprint density at radius 1 is 1.32 bits per heavy atom. The molecule has 1 saturated heterocycles.